The molecule has 1 heterocycles. The fraction of sp³-hybridized carbons (Fsp3) is 0. The van der Waals surface area contributed by atoms with Crippen molar-refractivity contribution >= 4 is 60.4 Å². The highest BCUT2D eigenvalue weighted by Gasteiger charge is 2.21. The number of pyridine rings is 1. The van der Waals surface area contributed by atoms with Crippen molar-refractivity contribution in [2.75, 3.05) is 4.72 Å². The number of rotatable bonds is 4. The molecule has 0 atom stereocenters. The van der Waals surface area contributed by atoms with E-state index in [-0.39, 0.29) is 15.6 Å². The Hall–Kier alpha value is -1.22. The number of nitrogens with two attached hydrogens (primary N) is 1. The third-order valence-corrected chi connectivity index (χ3v) is 5.30. The summed E-state index contributed by atoms with van der Waals surface area (Å²) < 4.78 is 27.9. The van der Waals surface area contributed by atoms with Crippen LogP contribution in [0.2, 0.25) is 5.02 Å². The third kappa shape index (κ3) is 3.70. The van der Waals surface area contributed by atoms with Crippen molar-refractivity contribution < 1.29 is 8.42 Å². The average molecular weight is 407 g/mol. The molecule has 0 amide bonds. The molecule has 0 aliphatic rings. The Labute approximate surface area is 140 Å². The van der Waals surface area contributed by atoms with Crippen molar-refractivity contribution in [1.29, 1.82) is 0 Å². The molecule has 0 spiro atoms. The first-order chi connectivity index (χ1) is 9.81. The monoisotopic (exact) mass is 405 g/mol. The first kappa shape index (κ1) is 16.2. The molecule has 0 fully saturated rings. The maximum Gasteiger partial charge on any atom is 0.264 e. The number of hydrogen-bond donors (Lipinski definition) is 2. The second kappa shape index (κ2) is 6.27. The van der Waals surface area contributed by atoms with E-state index in [0.717, 1.165) is 0 Å². The standard InChI is InChI=1S/C12H9BrClN3O2S2/c13-8-4-3-7(6-9(8)14)17-21(18,19)10-2-1-5-16-11(10)12(15)20/h1-6,17H,(H2,15,20). The number of aromatic nitrogens is 1. The number of benzene rings is 1. The van der Waals surface area contributed by atoms with Crippen molar-refractivity contribution in [3.63, 3.8) is 0 Å². The Balaban J connectivity index is 2.43. The first-order valence-electron chi connectivity index (χ1n) is 5.54. The smallest absolute Gasteiger partial charge is 0.264 e. The van der Waals surface area contributed by atoms with E-state index >= 15 is 0 Å². The summed E-state index contributed by atoms with van der Waals surface area (Å²) in [7, 11) is -3.87. The summed E-state index contributed by atoms with van der Waals surface area (Å²) in [4.78, 5) is 3.72. The molecule has 0 unspecified atom stereocenters. The number of anilines is 1. The Morgan fingerprint density at radius 1 is 1.38 bits per heavy atom. The summed E-state index contributed by atoms with van der Waals surface area (Å²) in [6, 6.07) is 7.57. The van der Waals surface area contributed by atoms with Gasteiger partial charge in [-0.3, -0.25) is 9.71 Å². The molecule has 9 heteroatoms. The van der Waals surface area contributed by atoms with Gasteiger partial charge in [0.15, 0.2) is 0 Å². The van der Waals surface area contributed by atoms with Crippen molar-refractivity contribution in [1.82, 2.24) is 4.98 Å². The number of halogens is 2. The highest BCUT2D eigenvalue weighted by atomic mass is 79.9. The lowest BCUT2D eigenvalue weighted by molar-refractivity contribution is 0.600. The van der Waals surface area contributed by atoms with Crippen molar-refractivity contribution in [3.05, 3.63) is 51.7 Å². The maximum absolute atomic E-state index is 12.4. The van der Waals surface area contributed by atoms with Crippen LogP contribution >= 0.6 is 39.7 Å². The number of nitrogens with one attached hydrogen (secondary N) is 1. The Bertz CT molecular complexity index is 812. The van der Waals surface area contributed by atoms with Crippen molar-refractivity contribution in [3.8, 4) is 0 Å². The Morgan fingerprint density at radius 2 is 2.10 bits per heavy atom. The molecule has 2 rings (SSSR count). The molecule has 110 valence electrons. The highest BCUT2D eigenvalue weighted by Crippen LogP contribution is 2.27. The van der Waals surface area contributed by atoms with E-state index in [1.165, 1.54) is 24.4 Å². The van der Waals surface area contributed by atoms with Crippen LogP contribution in [0.4, 0.5) is 5.69 Å². The van der Waals surface area contributed by atoms with Crippen molar-refractivity contribution in [2.24, 2.45) is 5.73 Å². The molecular formula is C12H9BrClN3O2S2. The van der Waals surface area contributed by atoms with E-state index in [0.29, 0.717) is 15.2 Å². The van der Waals surface area contributed by atoms with Gasteiger partial charge < -0.3 is 5.73 Å². The van der Waals surface area contributed by atoms with E-state index in [1.807, 2.05) is 0 Å². The number of sulfonamides is 1. The molecule has 0 saturated heterocycles. The molecule has 0 radical (unpaired) electrons. The first-order valence-corrected chi connectivity index (χ1v) is 8.60. The summed E-state index contributed by atoms with van der Waals surface area (Å²) in [5.74, 6) is 0. The van der Waals surface area contributed by atoms with Gasteiger partial charge in [-0.1, -0.05) is 23.8 Å². The zero-order valence-electron chi connectivity index (χ0n) is 10.4. The molecule has 1 aromatic carbocycles. The van der Waals surface area contributed by atoms with Crippen LogP contribution in [-0.4, -0.2) is 18.4 Å². The van der Waals surface area contributed by atoms with Gasteiger partial charge in [0.25, 0.3) is 10.0 Å². The van der Waals surface area contributed by atoms with Gasteiger partial charge in [-0.15, -0.1) is 0 Å². The fourth-order valence-corrected chi connectivity index (χ4v) is 3.44. The fourth-order valence-electron chi connectivity index (χ4n) is 1.56. The Kier molecular flexibility index (Phi) is 4.82. The zero-order valence-corrected chi connectivity index (χ0v) is 14.4. The van der Waals surface area contributed by atoms with E-state index in [9.17, 15) is 8.42 Å². The topological polar surface area (TPSA) is 85.1 Å². The molecule has 3 N–H and O–H groups in total. The minimum Gasteiger partial charge on any atom is -0.388 e. The van der Waals surface area contributed by atoms with Gasteiger partial charge in [0.1, 0.15) is 15.6 Å². The van der Waals surface area contributed by atoms with Crippen LogP contribution in [0, 0.1) is 0 Å². The van der Waals surface area contributed by atoms with Gasteiger partial charge in [0.05, 0.1) is 10.7 Å². The summed E-state index contributed by atoms with van der Waals surface area (Å²) in [5, 5.41) is 0.385. The quantitative estimate of drug-likeness (QED) is 0.763. The molecular weight excluding hydrogens is 398 g/mol. The SMILES string of the molecule is NC(=S)c1ncccc1S(=O)(=O)Nc1ccc(Br)c(Cl)c1. The lowest BCUT2D eigenvalue weighted by Crippen LogP contribution is -2.21. The number of hydrogen-bond acceptors (Lipinski definition) is 4. The van der Waals surface area contributed by atoms with Gasteiger partial charge in [0.2, 0.25) is 0 Å². The van der Waals surface area contributed by atoms with E-state index in [4.69, 9.17) is 29.6 Å². The molecule has 0 aliphatic carbocycles. The van der Waals surface area contributed by atoms with Crippen LogP contribution in [0.5, 0.6) is 0 Å². The molecule has 0 bridgehead atoms. The molecule has 0 saturated carbocycles. The van der Waals surface area contributed by atoms with Gasteiger partial charge in [-0.05, 0) is 46.3 Å². The zero-order chi connectivity index (χ0) is 15.6. The van der Waals surface area contributed by atoms with E-state index in [1.54, 1.807) is 12.1 Å². The summed E-state index contributed by atoms with van der Waals surface area (Å²) in [6.45, 7) is 0. The molecule has 2 aromatic rings. The lowest BCUT2D eigenvalue weighted by Gasteiger charge is -2.11. The Morgan fingerprint density at radius 3 is 2.71 bits per heavy atom. The molecule has 21 heavy (non-hydrogen) atoms. The van der Waals surface area contributed by atoms with E-state index in [2.05, 4.69) is 25.6 Å². The largest absolute Gasteiger partial charge is 0.388 e. The molecule has 0 aliphatic heterocycles. The van der Waals surface area contributed by atoms with Crippen LogP contribution in [0.15, 0.2) is 45.9 Å². The predicted molar refractivity (Wildman–Crippen MR) is 90.1 cm³/mol. The molecule has 1 aromatic heterocycles. The summed E-state index contributed by atoms with van der Waals surface area (Å²) in [6.07, 6.45) is 1.42. The van der Waals surface area contributed by atoms with Crippen LogP contribution in [0.25, 0.3) is 0 Å². The van der Waals surface area contributed by atoms with Crippen LogP contribution < -0.4 is 10.5 Å². The minimum absolute atomic E-state index is 0.0446. The van der Waals surface area contributed by atoms with E-state index < -0.39 is 10.0 Å². The predicted octanol–water partition coefficient (Wildman–Crippen LogP) is 2.93. The summed E-state index contributed by atoms with van der Waals surface area (Å²) in [5.41, 5.74) is 5.86. The second-order valence-corrected chi connectivity index (χ2v) is 7.30. The number of thiocarbonyl (C=S) groups is 1. The minimum atomic E-state index is -3.87. The van der Waals surface area contributed by atoms with Crippen molar-refractivity contribution in [2.45, 2.75) is 4.90 Å². The van der Waals surface area contributed by atoms with Crippen LogP contribution in [0.3, 0.4) is 0 Å². The highest BCUT2D eigenvalue weighted by molar-refractivity contribution is 9.10. The summed E-state index contributed by atoms with van der Waals surface area (Å²) >= 11 is 14.0. The maximum atomic E-state index is 12.4. The number of nitrogens with zero attached hydrogens (tertiary/aromatic N) is 1. The van der Waals surface area contributed by atoms with Gasteiger partial charge in [0, 0.05) is 10.7 Å². The van der Waals surface area contributed by atoms with Crippen LogP contribution in [0.1, 0.15) is 5.69 Å². The van der Waals surface area contributed by atoms with Crippen LogP contribution in [-0.2, 0) is 10.0 Å². The lowest BCUT2D eigenvalue weighted by atomic mass is 10.3. The normalized spacial score (nSPS) is 11.1. The van der Waals surface area contributed by atoms with Gasteiger partial charge >= 0.3 is 0 Å². The molecule has 5 nitrogen and oxygen atoms in total. The van der Waals surface area contributed by atoms with Gasteiger partial charge in [-0.25, -0.2) is 8.42 Å². The second-order valence-electron chi connectivity index (χ2n) is 3.95. The van der Waals surface area contributed by atoms with Gasteiger partial charge in [-0.2, -0.15) is 0 Å². The average Bonchev–Trinajstić information content (AvgIpc) is 2.42. The third-order valence-electron chi connectivity index (χ3n) is 2.47.